The molecular weight excluding hydrogens is 533 g/mol. The van der Waals surface area contributed by atoms with Gasteiger partial charge in [-0.2, -0.15) is 0 Å². The third-order valence-electron chi connectivity index (χ3n) is 7.03. The average Bonchev–Trinajstić information content (AvgIpc) is 3.41. The first-order valence-corrected chi connectivity index (χ1v) is 12.9. The number of imide groups is 1. The van der Waals surface area contributed by atoms with Gasteiger partial charge in [0.05, 0.1) is 42.2 Å². The number of nitrogens with one attached hydrogen (secondary N) is 4. The lowest BCUT2D eigenvalue weighted by Gasteiger charge is -2.27. The van der Waals surface area contributed by atoms with Crippen molar-refractivity contribution in [1.29, 1.82) is 0 Å². The van der Waals surface area contributed by atoms with Crippen molar-refractivity contribution in [2.45, 2.75) is 20.5 Å². The molecule has 2 aromatic carbocycles. The molecule has 2 aliphatic heterocycles. The number of morpholine rings is 1. The van der Waals surface area contributed by atoms with Gasteiger partial charge in [-0.15, -0.1) is 0 Å². The van der Waals surface area contributed by atoms with E-state index in [1.54, 1.807) is 23.1 Å². The molecule has 41 heavy (non-hydrogen) atoms. The maximum absolute atomic E-state index is 14.1. The summed E-state index contributed by atoms with van der Waals surface area (Å²) in [6.45, 7) is 5.29. The van der Waals surface area contributed by atoms with Crippen molar-refractivity contribution in [2.75, 3.05) is 36.9 Å². The summed E-state index contributed by atoms with van der Waals surface area (Å²) in [5.41, 5.74) is 4.29. The number of aliphatic hydroxyl groups excluding tert-OH is 1. The van der Waals surface area contributed by atoms with Crippen molar-refractivity contribution in [1.82, 2.24) is 15.2 Å². The number of H-pyrrole nitrogens is 1. The molecule has 3 heterocycles. The zero-order valence-corrected chi connectivity index (χ0v) is 22.4. The highest BCUT2D eigenvalue weighted by molar-refractivity contribution is 6.35. The number of nitrogens with zero attached hydrogens (tertiary/aromatic N) is 1. The van der Waals surface area contributed by atoms with E-state index in [9.17, 15) is 23.6 Å². The number of aromatic nitrogens is 1. The fraction of sp³-hybridized carbons (Fsp3) is 0.241. The summed E-state index contributed by atoms with van der Waals surface area (Å²) in [4.78, 5) is 55.7. The van der Waals surface area contributed by atoms with Crippen LogP contribution in [0, 0.1) is 19.7 Å². The molecule has 2 aliphatic rings. The molecule has 1 aromatic heterocycles. The Labute approximate surface area is 234 Å². The zero-order valence-electron chi connectivity index (χ0n) is 22.4. The largest absolute Gasteiger partial charge is 0.392 e. The normalized spacial score (nSPS) is 15.5. The molecule has 0 saturated carbocycles. The number of fused-ring (bicyclic) bond motifs is 1. The first-order chi connectivity index (χ1) is 19.7. The van der Waals surface area contributed by atoms with Crippen molar-refractivity contribution in [2.24, 2.45) is 0 Å². The van der Waals surface area contributed by atoms with Gasteiger partial charge in [0.1, 0.15) is 5.82 Å². The fourth-order valence-electron chi connectivity index (χ4n) is 4.90. The van der Waals surface area contributed by atoms with Gasteiger partial charge in [0.2, 0.25) is 0 Å². The molecule has 0 spiro atoms. The number of aryl methyl sites for hydroxylation is 1. The van der Waals surface area contributed by atoms with Crippen LogP contribution >= 0.6 is 0 Å². The Morgan fingerprint density at radius 2 is 1.88 bits per heavy atom. The Kier molecular flexibility index (Phi) is 7.68. The van der Waals surface area contributed by atoms with E-state index < -0.39 is 17.8 Å². The molecule has 12 heteroatoms. The highest BCUT2D eigenvalue weighted by Crippen LogP contribution is 2.36. The highest BCUT2D eigenvalue weighted by atomic mass is 19.1. The molecule has 11 nitrogen and oxygen atoms in total. The van der Waals surface area contributed by atoms with Gasteiger partial charge in [-0.25, -0.2) is 9.18 Å². The number of anilines is 2. The number of aliphatic hydroxyl groups is 1. The number of hydrogen-bond donors (Lipinski definition) is 5. The van der Waals surface area contributed by atoms with E-state index in [2.05, 4.69) is 20.9 Å². The summed E-state index contributed by atoms with van der Waals surface area (Å²) in [7, 11) is 0. The van der Waals surface area contributed by atoms with Crippen LogP contribution in [0.1, 0.15) is 48.8 Å². The molecule has 0 radical (unpaired) electrons. The van der Waals surface area contributed by atoms with Gasteiger partial charge in [-0.3, -0.25) is 19.7 Å². The average molecular weight is 562 g/mol. The van der Waals surface area contributed by atoms with Crippen LogP contribution in [-0.2, 0) is 16.1 Å². The van der Waals surface area contributed by atoms with E-state index in [1.165, 1.54) is 18.2 Å². The van der Waals surface area contributed by atoms with Gasteiger partial charge in [-0.05, 0) is 55.3 Å². The van der Waals surface area contributed by atoms with Crippen LogP contribution in [0.2, 0.25) is 0 Å². The van der Waals surface area contributed by atoms with Crippen molar-refractivity contribution in [3.63, 3.8) is 0 Å². The second kappa shape index (κ2) is 11.4. The lowest BCUT2D eigenvalue weighted by Crippen LogP contribution is -2.41. The zero-order chi connectivity index (χ0) is 29.3. The molecule has 1 saturated heterocycles. The number of benzene rings is 2. The molecule has 5 N–H and O–H groups in total. The van der Waals surface area contributed by atoms with Crippen LogP contribution in [0.5, 0.6) is 0 Å². The van der Waals surface area contributed by atoms with Crippen LogP contribution < -0.4 is 16.0 Å². The third kappa shape index (κ3) is 5.60. The van der Waals surface area contributed by atoms with Crippen molar-refractivity contribution < 1.29 is 33.4 Å². The minimum atomic E-state index is -0.952. The lowest BCUT2D eigenvalue weighted by molar-refractivity contribution is -0.110. The van der Waals surface area contributed by atoms with Gasteiger partial charge in [-0.1, -0.05) is 12.1 Å². The molecule has 5 amide bonds. The number of urea groups is 1. The van der Waals surface area contributed by atoms with Gasteiger partial charge < -0.3 is 30.4 Å². The van der Waals surface area contributed by atoms with Crippen LogP contribution in [0.15, 0.2) is 36.4 Å². The third-order valence-corrected chi connectivity index (χ3v) is 7.03. The minimum Gasteiger partial charge on any atom is -0.392 e. The summed E-state index contributed by atoms with van der Waals surface area (Å²) in [5.74, 6) is -2.26. The lowest BCUT2D eigenvalue weighted by atomic mass is 10.0. The maximum Gasteiger partial charge on any atom is 0.326 e. The molecule has 212 valence electrons. The second-order valence-corrected chi connectivity index (χ2v) is 9.72. The van der Waals surface area contributed by atoms with Crippen LogP contribution in [0.4, 0.5) is 20.6 Å². The Bertz CT molecular complexity index is 1610. The molecule has 0 atom stereocenters. The number of hydrogen-bond acceptors (Lipinski definition) is 6. The Morgan fingerprint density at radius 1 is 1.12 bits per heavy atom. The predicted octanol–water partition coefficient (Wildman–Crippen LogP) is 3.19. The van der Waals surface area contributed by atoms with Crippen molar-refractivity contribution in [3.8, 4) is 0 Å². The predicted molar refractivity (Wildman–Crippen MR) is 149 cm³/mol. The Hall–Kier alpha value is -4.81. The van der Waals surface area contributed by atoms with Gasteiger partial charge in [0, 0.05) is 35.7 Å². The van der Waals surface area contributed by atoms with E-state index in [1.807, 2.05) is 13.8 Å². The van der Waals surface area contributed by atoms with Crippen molar-refractivity contribution in [3.05, 3.63) is 81.4 Å². The topological polar surface area (TPSA) is 153 Å². The molecule has 0 bridgehead atoms. The summed E-state index contributed by atoms with van der Waals surface area (Å²) < 4.78 is 19.5. The summed E-state index contributed by atoms with van der Waals surface area (Å²) in [5, 5.41) is 16.4. The van der Waals surface area contributed by atoms with Crippen LogP contribution in [-0.4, -0.2) is 65.0 Å². The number of amides is 5. The first kappa shape index (κ1) is 27.7. The number of aromatic amines is 1. The van der Waals surface area contributed by atoms with E-state index in [4.69, 9.17) is 9.84 Å². The van der Waals surface area contributed by atoms with E-state index in [0.717, 1.165) is 11.6 Å². The second-order valence-electron chi connectivity index (χ2n) is 9.72. The maximum atomic E-state index is 14.1. The molecule has 3 aromatic rings. The van der Waals surface area contributed by atoms with Gasteiger partial charge in [0.15, 0.2) is 0 Å². The summed E-state index contributed by atoms with van der Waals surface area (Å²) in [6, 6.07) is 7.42. The number of rotatable bonds is 5. The monoisotopic (exact) mass is 561 g/mol. The van der Waals surface area contributed by atoms with Crippen LogP contribution in [0.3, 0.4) is 0 Å². The Morgan fingerprint density at radius 3 is 2.59 bits per heavy atom. The highest BCUT2D eigenvalue weighted by Gasteiger charge is 2.28. The molecule has 0 unspecified atom stereocenters. The summed E-state index contributed by atoms with van der Waals surface area (Å²) in [6.07, 6.45) is 1.69. The number of halogens is 1. The van der Waals surface area contributed by atoms with E-state index in [0.29, 0.717) is 65.6 Å². The minimum absolute atomic E-state index is 0.0853. The number of ether oxygens (including phenoxy) is 1. The molecule has 5 rings (SSSR count). The smallest absolute Gasteiger partial charge is 0.326 e. The fourth-order valence-corrected chi connectivity index (χ4v) is 4.90. The van der Waals surface area contributed by atoms with Crippen LogP contribution in [0.25, 0.3) is 11.6 Å². The van der Waals surface area contributed by atoms with E-state index >= 15 is 0 Å². The standard InChI is InChI=1S/C29H28FN5O6/c1-15-23(31-16(2)25(15)28(39)35-7-9-41-10-8-35)13-21-19-6-4-18(12-24(19)33-27(21)38)32-29(40)34-26(37)20-5-3-17(14-36)11-22(20)30/h3-6,11-13,31,36H,7-10,14H2,1-2H3,(H,33,38)(H2,32,34,37,40). The summed E-state index contributed by atoms with van der Waals surface area (Å²) >= 11 is 0. The molecular formula is C29H28FN5O6. The quantitative estimate of drug-likeness (QED) is 0.302. The molecule has 0 aliphatic carbocycles. The van der Waals surface area contributed by atoms with Gasteiger partial charge in [0.25, 0.3) is 17.7 Å². The number of carbonyl (C=O) groups excluding carboxylic acids is 4. The van der Waals surface area contributed by atoms with Gasteiger partial charge >= 0.3 is 6.03 Å². The SMILES string of the molecule is Cc1[nH]c(C=C2C(=O)Nc3cc(NC(=O)NC(=O)c4ccc(CO)cc4F)ccc32)c(C)c1C(=O)N1CCOCC1. The first-order valence-electron chi connectivity index (χ1n) is 12.9. The number of carbonyl (C=O) groups is 4. The molecule has 1 fully saturated rings. The van der Waals surface area contributed by atoms with E-state index in [-0.39, 0.29) is 29.7 Å². The van der Waals surface area contributed by atoms with Crippen molar-refractivity contribution >= 4 is 46.8 Å². The Balaban J connectivity index is 1.31.